The van der Waals surface area contributed by atoms with Crippen LogP contribution in [0.3, 0.4) is 0 Å². The van der Waals surface area contributed by atoms with Gasteiger partial charge < -0.3 is 11.5 Å². The summed E-state index contributed by atoms with van der Waals surface area (Å²) in [6.07, 6.45) is 1.08. The average Bonchev–Trinajstić information content (AvgIpc) is 2.51. The number of benzene rings is 1. The quantitative estimate of drug-likeness (QED) is 0.483. The van der Waals surface area contributed by atoms with Gasteiger partial charge >= 0.3 is 0 Å². The Balaban J connectivity index is 2.00. The Kier molecular flexibility index (Phi) is 5.38. The van der Waals surface area contributed by atoms with E-state index < -0.39 is 0 Å². The Labute approximate surface area is 134 Å². The second-order valence-corrected chi connectivity index (χ2v) is 6.09. The van der Waals surface area contributed by atoms with Crippen molar-refractivity contribution in [1.82, 2.24) is 9.97 Å². The van der Waals surface area contributed by atoms with Crippen molar-refractivity contribution >= 4 is 29.2 Å². The van der Waals surface area contributed by atoms with Crippen LogP contribution in [-0.4, -0.2) is 21.5 Å². The van der Waals surface area contributed by atoms with Crippen molar-refractivity contribution < 1.29 is 4.79 Å². The first-order chi connectivity index (χ1) is 10.5. The molecule has 1 heterocycles. The number of carbonyl (C=O) groups excluding carboxylic acids is 1. The maximum atomic E-state index is 12.2. The van der Waals surface area contributed by atoms with Crippen LogP contribution in [-0.2, 0) is 0 Å². The van der Waals surface area contributed by atoms with Crippen LogP contribution in [0.2, 0.25) is 0 Å². The van der Waals surface area contributed by atoms with E-state index in [4.69, 9.17) is 11.5 Å². The number of nitrogen functional groups attached to an aromatic ring is 2. The molecule has 1 aromatic carbocycles. The molecule has 2 aromatic rings. The highest BCUT2D eigenvalue weighted by atomic mass is 32.2. The summed E-state index contributed by atoms with van der Waals surface area (Å²) in [6, 6.07) is 9.26. The molecule has 0 radical (unpaired) electrons. The summed E-state index contributed by atoms with van der Waals surface area (Å²) in [4.78, 5) is 20.3. The number of carbonyl (C=O) groups is 1. The molecule has 0 aliphatic heterocycles. The fourth-order valence-corrected chi connectivity index (χ4v) is 2.74. The van der Waals surface area contributed by atoms with Gasteiger partial charge in [-0.05, 0) is 17.9 Å². The first-order valence-corrected chi connectivity index (χ1v) is 8.14. The maximum absolute atomic E-state index is 12.2. The van der Waals surface area contributed by atoms with Crippen LogP contribution in [0.1, 0.15) is 42.1 Å². The van der Waals surface area contributed by atoms with Gasteiger partial charge in [0.1, 0.15) is 11.6 Å². The zero-order valence-corrected chi connectivity index (χ0v) is 13.6. The predicted octanol–water partition coefficient (Wildman–Crippen LogP) is 3.13. The summed E-state index contributed by atoms with van der Waals surface area (Å²) < 4.78 is 0. The zero-order valence-electron chi connectivity index (χ0n) is 12.7. The lowest BCUT2D eigenvalue weighted by molar-refractivity contribution is 0.102. The Morgan fingerprint density at radius 3 is 2.32 bits per heavy atom. The summed E-state index contributed by atoms with van der Waals surface area (Å²) in [5, 5.41) is 0.419. The second kappa shape index (κ2) is 7.26. The van der Waals surface area contributed by atoms with E-state index in [-0.39, 0.29) is 11.5 Å². The molecule has 2 rings (SSSR count). The number of thioether (sulfide) groups is 1. The molecule has 0 saturated carbocycles. The van der Waals surface area contributed by atoms with E-state index in [1.165, 1.54) is 23.4 Å². The van der Waals surface area contributed by atoms with Crippen molar-refractivity contribution in [3.8, 4) is 0 Å². The lowest BCUT2D eigenvalue weighted by atomic mass is 9.97. The lowest BCUT2D eigenvalue weighted by Gasteiger charge is -2.09. The van der Waals surface area contributed by atoms with Gasteiger partial charge in [0, 0.05) is 11.6 Å². The van der Waals surface area contributed by atoms with Crippen molar-refractivity contribution in [2.24, 2.45) is 0 Å². The fraction of sp³-hybridized carbons (Fsp3) is 0.312. The van der Waals surface area contributed by atoms with E-state index in [0.717, 1.165) is 6.42 Å². The number of Topliss-reactive ketones (excluding diaryl/α,β-unsaturated/α-hetero) is 1. The van der Waals surface area contributed by atoms with Gasteiger partial charge in [-0.15, -0.1) is 0 Å². The SMILES string of the molecule is CCC(C)c1ccc(C(=O)CSc2nc(N)cc(N)n2)cc1. The van der Waals surface area contributed by atoms with E-state index >= 15 is 0 Å². The van der Waals surface area contributed by atoms with Crippen LogP contribution < -0.4 is 11.5 Å². The molecule has 0 aliphatic rings. The zero-order chi connectivity index (χ0) is 16.1. The molecule has 6 heteroatoms. The van der Waals surface area contributed by atoms with Gasteiger partial charge in [0.2, 0.25) is 0 Å². The molecule has 1 aromatic heterocycles. The summed E-state index contributed by atoms with van der Waals surface area (Å²) in [6.45, 7) is 4.33. The third-order valence-electron chi connectivity index (χ3n) is 3.49. The number of hydrogen-bond acceptors (Lipinski definition) is 6. The number of anilines is 2. The third kappa shape index (κ3) is 4.21. The number of ketones is 1. The fourth-order valence-electron chi connectivity index (χ4n) is 1.97. The molecule has 0 bridgehead atoms. The average molecular weight is 316 g/mol. The Morgan fingerprint density at radius 2 is 1.77 bits per heavy atom. The predicted molar refractivity (Wildman–Crippen MR) is 91.1 cm³/mol. The highest BCUT2D eigenvalue weighted by molar-refractivity contribution is 7.99. The number of nitrogens with zero attached hydrogens (tertiary/aromatic N) is 2. The van der Waals surface area contributed by atoms with Gasteiger partial charge in [-0.3, -0.25) is 4.79 Å². The van der Waals surface area contributed by atoms with Gasteiger partial charge in [-0.25, -0.2) is 9.97 Å². The summed E-state index contributed by atoms with van der Waals surface area (Å²) in [7, 11) is 0. The standard InChI is InChI=1S/C16H20N4OS/c1-3-10(2)11-4-6-12(7-5-11)13(21)9-22-16-19-14(17)8-15(18)20-16/h4-8,10H,3,9H2,1-2H3,(H4,17,18,19,20). The molecule has 5 nitrogen and oxygen atoms in total. The van der Waals surface area contributed by atoms with Crippen molar-refractivity contribution in [2.75, 3.05) is 17.2 Å². The highest BCUT2D eigenvalue weighted by Gasteiger charge is 2.10. The second-order valence-electron chi connectivity index (χ2n) is 5.14. The minimum absolute atomic E-state index is 0.0327. The Hall–Kier alpha value is -2.08. The molecule has 1 unspecified atom stereocenters. The Bertz CT molecular complexity index is 637. The minimum atomic E-state index is 0.0327. The van der Waals surface area contributed by atoms with Crippen molar-refractivity contribution in [2.45, 2.75) is 31.3 Å². The molecule has 0 fully saturated rings. The Morgan fingerprint density at radius 1 is 1.18 bits per heavy atom. The smallest absolute Gasteiger partial charge is 0.191 e. The summed E-state index contributed by atoms with van der Waals surface area (Å²) in [5.74, 6) is 1.40. The molecule has 116 valence electrons. The first kappa shape index (κ1) is 16.3. The van der Waals surface area contributed by atoms with Crippen LogP contribution in [0.5, 0.6) is 0 Å². The van der Waals surface area contributed by atoms with Crippen molar-refractivity contribution in [3.05, 3.63) is 41.5 Å². The number of nitrogens with two attached hydrogens (primary N) is 2. The normalized spacial score (nSPS) is 12.1. The van der Waals surface area contributed by atoms with Gasteiger partial charge in [0.25, 0.3) is 0 Å². The van der Waals surface area contributed by atoms with Gasteiger partial charge in [-0.2, -0.15) is 0 Å². The molecular formula is C16H20N4OS. The van der Waals surface area contributed by atoms with Crippen LogP contribution >= 0.6 is 11.8 Å². The van der Waals surface area contributed by atoms with Crippen LogP contribution in [0, 0.1) is 0 Å². The van der Waals surface area contributed by atoms with Crippen LogP contribution in [0.15, 0.2) is 35.5 Å². The van der Waals surface area contributed by atoms with Gasteiger partial charge in [0.15, 0.2) is 10.9 Å². The molecule has 1 atom stereocenters. The highest BCUT2D eigenvalue weighted by Crippen LogP contribution is 2.21. The molecule has 0 amide bonds. The summed E-state index contributed by atoms with van der Waals surface area (Å²) >= 11 is 1.23. The molecule has 22 heavy (non-hydrogen) atoms. The number of rotatable bonds is 6. The molecule has 0 spiro atoms. The monoisotopic (exact) mass is 316 g/mol. The van der Waals surface area contributed by atoms with E-state index in [1.54, 1.807) is 0 Å². The van der Waals surface area contributed by atoms with E-state index in [1.807, 2.05) is 24.3 Å². The van der Waals surface area contributed by atoms with Gasteiger partial charge in [-0.1, -0.05) is 49.9 Å². The third-order valence-corrected chi connectivity index (χ3v) is 4.34. The van der Waals surface area contributed by atoms with Gasteiger partial charge in [0.05, 0.1) is 5.75 Å². The molecule has 0 aliphatic carbocycles. The van der Waals surface area contributed by atoms with Crippen molar-refractivity contribution in [3.63, 3.8) is 0 Å². The van der Waals surface area contributed by atoms with Crippen LogP contribution in [0.4, 0.5) is 11.6 Å². The first-order valence-electron chi connectivity index (χ1n) is 7.15. The molecular weight excluding hydrogens is 296 g/mol. The maximum Gasteiger partial charge on any atom is 0.191 e. The minimum Gasteiger partial charge on any atom is -0.383 e. The topological polar surface area (TPSA) is 94.9 Å². The molecule has 4 N–H and O–H groups in total. The summed E-state index contributed by atoms with van der Waals surface area (Å²) in [5.41, 5.74) is 13.2. The van der Waals surface area contributed by atoms with Crippen LogP contribution in [0.25, 0.3) is 0 Å². The van der Waals surface area contributed by atoms with E-state index in [0.29, 0.717) is 28.3 Å². The lowest BCUT2D eigenvalue weighted by Crippen LogP contribution is -2.05. The molecule has 0 saturated heterocycles. The number of hydrogen-bond donors (Lipinski definition) is 2. The van der Waals surface area contributed by atoms with E-state index in [9.17, 15) is 4.79 Å². The largest absolute Gasteiger partial charge is 0.383 e. The van der Waals surface area contributed by atoms with Crippen molar-refractivity contribution in [1.29, 1.82) is 0 Å². The van der Waals surface area contributed by atoms with E-state index in [2.05, 4.69) is 23.8 Å². The number of aromatic nitrogens is 2.